The first-order chi connectivity index (χ1) is 4.31. The van der Waals surface area contributed by atoms with Crippen LogP contribution in [-0.4, -0.2) is 13.1 Å². The molecule has 0 atom stereocenters. The zero-order chi connectivity index (χ0) is 7.70. The van der Waals surface area contributed by atoms with Gasteiger partial charge in [0.2, 0.25) is 0 Å². The average molecular weight is 209 g/mol. The Morgan fingerprint density at radius 3 is 2.11 bits per heavy atom. The molecule has 4 heteroatoms. The van der Waals surface area contributed by atoms with Crippen LogP contribution in [0, 0.1) is 0 Å². The fourth-order valence-corrected chi connectivity index (χ4v) is 0.306. The van der Waals surface area contributed by atoms with Crippen LogP contribution in [0.1, 0.15) is 19.8 Å². The molecular formula is C5H10O3Zr. The fraction of sp³-hybridized carbons (Fsp3) is 0.800. The summed E-state index contributed by atoms with van der Waals surface area (Å²) in [5, 5.41) is 0. The first-order valence-electron chi connectivity index (χ1n) is 2.58. The fourth-order valence-electron chi connectivity index (χ4n) is 0.306. The molecule has 0 heterocycles. The van der Waals surface area contributed by atoms with E-state index in [1.807, 2.05) is 6.92 Å². The van der Waals surface area contributed by atoms with E-state index in [9.17, 15) is 4.79 Å². The summed E-state index contributed by atoms with van der Waals surface area (Å²) >= 11 is 0.300. The molecule has 0 aliphatic carbocycles. The van der Waals surface area contributed by atoms with Gasteiger partial charge in [-0.3, -0.25) is 4.79 Å². The second-order valence-corrected chi connectivity index (χ2v) is 1.33. The Bertz CT molecular complexity index is 74.6. The molecule has 0 aliphatic heterocycles. The van der Waals surface area contributed by atoms with E-state index in [1.165, 1.54) is 7.11 Å². The van der Waals surface area contributed by atoms with Crippen molar-refractivity contribution in [2.45, 2.75) is 19.8 Å². The Balaban J connectivity index is 0. The van der Waals surface area contributed by atoms with Gasteiger partial charge in [-0.25, -0.2) is 0 Å². The third-order valence-electron chi connectivity index (χ3n) is 0.682. The van der Waals surface area contributed by atoms with Crippen LogP contribution in [-0.2, 0) is 37.1 Å². The maximum atomic E-state index is 10.2. The molecule has 0 N–H and O–H groups in total. The molecule has 3 nitrogen and oxygen atoms in total. The van der Waals surface area contributed by atoms with Crippen LogP contribution in [0.5, 0.6) is 0 Å². The molecule has 0 fully saturated rings. The minimum atomic E-state index is -0.123. The van der Waals surface area contributed by atoms with Gasteiger partial charge in [0, 0.05) is 6.42 Å². The van der Waals surface area contributed by atoms with Gasteiger partial charge in [-0.1, -0.05) is 6.92 Å². The van der Waals surface area contributed by atoms with Gasteiger partial charge in [-0.05, 0) is 6.42 Å². The number of hydrogen-bond donors (Lipinski definition) is 0. The van der Waals surface area contributed by atoms with Gasteiger partial charge in [0.05, 0.1) is 7.11 Å². The number of hydrogen-bond acceptors (Lipinski definition) is 3. The molecule has 0 aromatic heterocycles. The molecule has 0 rings (SSSR count). The Morgan fingerprint density at radius 1 is 1.56 bits per heavy atom. The van der Waals surface area contributed by atoms with E-state index < -0.39 is 0 Å². The summed E-state index contributed by atoms with van der Waals surface area (Å²) in [6, 6.07) is 0. The van der Waals surface area contributed by atoms with Crippen LogP contribution in [0.4, 0.5) is 0 Å². The van der Waals surface area contributed by atoms with Crippen LogP contribution in [0.25, 0.3) is 0 Å². The number of methoxy groups -OCH3 is 1. The van der Waals surface area contributed by atoms with E-state index in [0.29, 0.717) is 31.1 Å². The summed E-state index contributed by atoms with van der Waals surface area (Å²) in [4.78, 5) is 10.2. The normalized spacial score (nSPS) is 6.78. The van der Waals surface area contributed by atoms with Crippen molar-refractivity contribution in [3.8, 4) is 0 Å². The molecule has 52 valence electrons. The van der Waals surface area contributed by atoms with E-state index in [1.54, 1.807) is 0 Å². The summed E-state index contributed by atoms with van der Waals surface area (Å²) < 4.78 is 12.7. The summed E-state index contributed by atoms with van der Waals surface area (Å²) in [5.74, 6) is -0.123. The van der Waals surface area contributed by atoms with Crippen molar-refractivity contribution in [3.05, 3.63) is 0 Å². The van der Waals surface area contributed by atoms with Crippen molar-refractivity contribution in [1.29, 1.82) is 0 Å². The van der Waals surface area contributed by atoms with Crippen LogP contribution in [0.15, 0.2) is 0 Å². The molecule has 0 aromatic rings. The first-order valence-corrected chi connectivity index (χ1v) is 3.58. The maximum absolute atomic E-state index is 10.2. The van der Waals surface area contributed by atoms with Crippen molar-refractivity contribution in [2.75, 3.05) is 7.11 Å². The van der Waals surface area contributed by atoms with Crippen molar-refractivity contribution in [3.63, 3.8) is 0 Å². The van der Waals surface area contributed by atoms with Gasteiger partial charge in [0.25, 0.3) is 0 Å². The van der Waals surface area contributed by atoms with Crippen molar-refractivity contribution < 1.29 is 37.1 Å². The Morgan fingerprint density at radius 2 is 2.00 bits per heavy atom. The summed E-state index contributed by atoms with van der Waals surface area (Å²) in [6.07, 6.45) is 1.41. The van der Waals surface area contributed by atoms with Crippen LogP contribution in [0.3, 0.4) is 0 Å². The topological polar surface area (TPSA) is 43.4 Å². The number of rotatable bonds is 2. The quantitative estimate of drug-likeness (QED) is 0.633. The van der Waals surface area contributed by atoms with Crippen molar-refractivity contribution in [1.82, 2.24) is 0 Å². The predicted octanol–water partition coefficient (Wildman–Crippen LogP) is 0.838. The molecule has 0 bridgehead atoms. The van der Waals surface area contributed by atoms with Crippen LogP contribution < -0.4 is 0 Å². The summed E-state index contributed by atoms with van der Waals surface area (Å²) in [6.45, 7) is 1.94. The standard InChI is InChI=1S/C5H10O2.O.Zr/c1-3-4-5(6)7-2;;/h3-4H2,1-2H3;;. The van der Waals surface area contributed by atoms with Gasteiger partial charge in [0.15, 0.2) is 0 Å². The van der Waals surface area contributed by atoms with Gasteiger partial charge in [0.1, 0.15) is 0 Å². The minimum absolute atomic E-state index is 0.123. The van der Waals surface area contributed by atoms with Gasteiger partial charge in [-0.15, -0.1) is 0 Å². The van der Waals surface area contributed by atoms with E-state index in [-0.39, 0.29) is 5.97 Å². The predicted molar refractivity (Wildman–Crippen MR) is 27.6 cm³/mol. The zero-order valence-electron chi connectivity index (χ0n) is 5.64. The molecule has 0 unspecified atom stereocenters. The second kappa shape index (κ2) is 11.0. The Labute approximate surface area is 70.1 Å². The molecule has 0 saturated heterocycles. The van der Waals surface area contributed by atoms with Crippen LogP contribution in [0.2, 0.25) is 0 Å². The third kappa shape index (κ3) is 11.6. The molecular weight excluding hydrogens is 199 g/mol. The second-order valence-electron chi connectivity index (χ2n) is 1.33. The van der Waals surface area contributed by atoms with Crippen LogP contribution >= 0.6 is 0 Å². The van der Waals surface area contributed by atoms with E-state index >= 15 is 0 Å². The monoisotopic (exact) mass is 208 g/mol. The van der Waals surface area contributed by atoms with Gasteiger partial charge in [-0.2, -0.15) is 0 Å². The Kier molecular flexibility index (Phi) is 14.6. The SMILES string of the molecule is CCCC(=O)OC.[O]=[Zr]. The number of carbonyl (C=O) groups excluding carboxylic acids is 1. The Hall–Kier alpha value is 0.153. The van der Waals surface area contributed by atoms with Gasteiger partial charge >= 0.3 is 33.5 Å². The molecule has 9 heavy (non-hydrogen) atoms. The molecule has 0 spiro atoms. The molecule has 0 aromatic carbocycles. The first kappa shape index (κ1) is 11.9. The molecule has 0 saturated carbocycles. The van der Waals surface area contributed by atoms with Gasteiger partial charge < -0.3 is 4.74 Å². The summed E-state index contributed by atoms with van der Waals surface area (Å²) in [5.41, 5.74) is 0. The van der Waals surface area contributed by atoms with Crippen molar-refractivity contribution in [2.24, 2.45) is 0 Å². The number of carbonyl (C=O) groups is 1. The zero-order valence-corrected chi connectivity index (χ0v) is 8.10. The van der Waals surface area contributed by atoms with Crippen molar-refractivity contribution >= 4 is 5.97 Å². The van der Waals surface area contributed by atoms with E-state index in [2.05, 4.69) is 4.74 Å². The van der Waals surface area contributed by atoms with E-state index in [0.717, 1.165) is 6.42 Å². The molecule has 0 amide bonds. The average Bonchev–Trinajstić information content (AvgIpc) is 1.93. The third-order valence-corrected chi connectivity index (χ3v) is 0.682. The summed E-state index contributed by atoms with van der Waals surface area (Å²) in [7, 11) is 1.40. The number of esters is 1. The molecule has 0 aliphatic rings. The molecule has 0 radical (unpaired) electrons. The number of ether oxygens (including phenoxy) is 1. The van der Waals surface area contributed by atoms with E-state index in [4.69, 9.17) is 2.81 Å².